The molecule has 23 heavy (non-hydrogen) atoms. The van der Waals surface area contributed by atoms with Gasteiger partial charge in [-0.2, -0.15) is 0 Å². The van der Waals surface area contributed by atoms with Crippen LogP contribution < -0.4 is 15.4 Å². The van der Waals surface area contributed by atoms with Crippen LogP contribution in [0.5, 0.6) is 5.75 Å². The van der Waals surface area contributed by atoms with Gasteiger partial charge in [0.25, 0.3) is 5.91 Å². The third kappa shape index (κ3) is 7.68. The molecule has 128 valence electrons. The fourth-order valence-corrected chi connectivity index (χ4v) is 1.89. The molecule has 0 aliphatic carbocycles. The van der Waals surface area contributed by atoms with Gasteiger partial charge in [-0.3, -0.25) is 9.59 Å². The van der Waals surface area contributed by atoms with E-state index in [1.54, 1.807) is 0 Å². The highest BCUT2D eigenvalue weighted by molar-refractivity contribution is 5.85. The van der Waals surface area contributed by atoms with Crippen molar-refractivity contribution in [3.63, 3.8) is 0 Å². The Bertz CT molecular complexity index is 537. The van der Waals surface area contributed by atoms with Crippen molar-refractivity contribution in [3.8, 4) is 5.75 Å². The summed E-state index contributed by atoms with van der Waals surface area (Å²) in [5.41, 5.74) is 0.969. The summed E-state index contributed by atoms with van der Waals surface area (Å²) >= 11 is 0. The highest BCUT2D eigenvalue weighted by atomic mass is 16.5. The van der Waals surface area contributed by atoms with Crippen molar-refractivity contribution in [2.24, 2.45) is 0 Å². The molecule has 0 heterocycles. The van der Waals surface area contributed by atoms with Crippen molar-refractivity contribution in [2.45, 2.75) is 52.5 Å². The van der Waals surface area contributed by atoms with Crippen molar-refractivity contribution in [1.82, 2.24) is 10.6 Å². The monoisotopic (exact) mass is 320 g/mol. The molecule has 1 rings (SSSR count). The van der Waals surface area contributed by atoms with Gasteiger partial charge in [0.15, 0.2) is 6.61 Å². The minimum atomic E-state index is -0.325. The summed E-state index contributed by atoms with van der Waals surface area (Å²) in [4.78, 5) is 23.3. The molecule has 0 bridgehead atoms. The number of benzene rings is 1. The zero-order valence-corrected chi connectivity index (χ0v) is 14.9. The molecular formula is C18H28N2O3. The molecule has 5 heteroatoms. The third-order valence-corrected chi connectivity index (χ3v) is 3.05. The number of hydrogen-bond acceptors (Lipinski definition) is 3. The maximum absolute atomic E-state index is 11.7. The summed E-state index contributed by atoms with van der Waals surface area (Å²) in [6.45, 7) is 11.9. The van der Waals surface area contributed by atoms with Crippen molar-refractivity contribution >= 4 is 11.8 Å². The maximum Gasteiger partial charge on any atom is 0.258 e. The predicted octanol–water partition coefficient (Wildman–Crippen LogP) is 2.39. The van der Waals surface area contributed by atoms with Gasteiger partial charge in [-0.1, -0.05) is 32.9 Å². The molecule has 2 amide bonds. The minimum Gasteiger partial charge on any atom is -0.484 e. The Hall–Kier alpha value is -2.04. The van der Waals surface area contributed by atoms with E-state index in [0.29, 0.717) is 5.75 Å². The van der Waals surface area contributed by atoms with Gasteiger partial charge in [0.05, 0.1) is 6.54 Å². The molecule has 1 aromatic rings. The Morgan fingerprint density at radius 3 is 2.00 bits per heavy atom. The van der Waals surface area contributed by atoms with E-state index in [1.807, 2.05) is 45.0 Å². The predicted molar refractivity (Wildman–Crippen MR) is 91.5 cm³/mol. The quantitative estimate of drug-likeness (QED) is 0.875. The smallest absolute Gasteiger partial charge is 0.258 e. The average molecular weight is 320 g/mol. The molecule has 0 atom stereocenters. The Morgan fingerprint density at radius 2 is 1.52 bits per heavy atom. The number of rotatable bonds is 5. The van der Waals surface area contributed by atoms with Crippen molar-refractivity contribution in [1.29, 1.82) is 0 Å². The van der Waals surface area contributed by atoms with Crippen molar-refractivity contribution < 1.29 is 14.3 Å². The van der Waals surface area contributed by atoms with Crippen LogP contribution in [0.3, 0.4) is 0 Å². The summed E-state index contributed by atoms with van der Waals surface area (Å²) < 4.78 is 5.42. The summed E-state index contributed by atoms with van der Waals surface area (Å²) in [7, 11) is 0. The number of nitrogens with one attached hydrogen (secondary N) is 2. The number of carbonyl (C=O) groups is 2. The molecule has 2 N–H and O–H groups in total. The Balaban J connectivity index is 2.38. The molecule has 0 aliphatic rings. The number of carbonyl (C=O) groups excluding carboxylic acids is 2. The fraction of sp³-hybridized carbons (Fsp3) is 0.556. The first-order chi connectivity index (χ1) is 10.5. The van der Waals surface area contributed by atoms with E-state index in [9.17, 15) is 9.59 Å². The van der Waals surface area contributed by atoms with Gasteiger partial charge < -0.3 is 15.4 Å². The molecule has 0 aromatic heterocycles. The molecule has 0 unspecified atom stereocenters. The van der Waals surface area contributed by atoms with Gasteiger partial charge in [-0.15, -0.1) is 0 Å². The van der Waals surface area contributed by atoms with Crippen LogP contribution in [0.1, 0.15) is 47.1 Å². The van der Waals surface area contributed by atoms with E-state index in [-0.39, 0.29) is 35.9 Å². The summed E-state index contributed by atoms with van der Waals surface area (Å²) in [5.74, 6) is 0.0848. The van der Waals surface area contributed by atoms with Crippen LogP contribution >= 0.6 is 0 Å². The van der Waals surface area contributed by atoms with E-state index in [0.717, 1.165) is 0 Å². The molecule has 0 saturated carbocycles. The molecule has 0 radical (unpaired) electrons. The fourth-order valence-electron chi connectivity index (χ4n) is 1.89. The highest BCUT2D eigenvalue weighted by Crippen LogP contribution is 2.24. The first kappa shape index (κ1) is 19.0. The van der Waals surface area contributed by atoms with Gasteiger partial charge in [0, 0.05) is 5.54 Å². The van der Waals surface area contributed by atoms with Crippen molar-refractivity contribution in [3.05, 3.63) is 29.8 Å². The number of amides is 2. The van der Waals surface area contributed by atoms with Crippen LogP contribution in [0.15, 0.2) is 24.3 Å². The lowest BCUT2D eigenvalue weighted by atomic mass is 9.87. The van der Waals surface area contributed by atoms with Crippen LogP contribution in [0, 0.1) is 0 Å². The van der Waals surface area contributed by atoms with E-state index in [1.165, 1.54) is 5.56 Å². The lowest BCUT2D eigenvalue weighted by molar-refractivity contribution is -0.127. The van der Waals surface area contributed by atoms with E-state index in [2.05, 4.69) is 31.4 Å². The van der Waals surface area contributed by atoms with E-state index in [4.69, 9.17) is 4.74 Å². The largest absolute Gasteiger partial charge is 0.484 e. The van der Waals surface area contributed by atoms with Crippen LogP contribution in [0.25, 0.3) is 0 Å². The van der Waals surface area contributed by atoms with Gasteiger partial charge in [-0.25, -0.2) is 0 Å². The number of ether oxygens (including phenoxy) is 1. The summed E-state index contributed by atoms with van der Waals surface area (Å²) in [6, 6.07) is 7.67. The molecular weight excluding hydrogens is 292 g/mol. The normalized spacial score (nSPS) is 11.7. The molecule has 1 aromatic carbocycles. The molecule has 0 spiro atoms. The first-order valence-electron chi connectivity index (χ1n) is 7.78. The lowest BCUT2D eigenvalue weighted by Gasteiger charge is -2.20. The van der Waals surface area contributed by atoms with Crippen LogP contribution in [-0.2, 0) is 15.0 Å². The Kier molecular flexibility index (Phi) is 6.19. The lowest BCUT2D eigenvalue weighted by Crippen LogP contribution is -2.46. The second-order valence-corrected chi connectivity index (χ2v) is 7.64. The zero-order chi connectivity index (χ0) is 17.7. The van der Waals surface area contributed by atoms with Crippen LogP contribution in [0.2, 0.25) is 0 Å². The van der Waals surface area contributed by atoms with Crippen LogP contribution in [0.4, 0.5) is 0 Å². The van der Waals surface area contributed by atoms with Gasteiger partial charge in [0.2, 0.25) is 5.91 Å². The second-order valence-electron chi connectivity index (χ2n) is 7.64. The van der Waals surface area contributed by atoms with E-state index < -0.39 is 0 Å². The third-order valence-electron chi connectivity index (χ3n) is 3.05. The number of hydrogen-bond donors (Lipinski definition) is 2. The van der Waals surface area contributed by atoms with Gasteiger partial charge in [-0.05, 0) is 43.9 Å². The molecule has 0 aliphatic heterocycles. The summed E-state index contributed by atoms with van der Waals surface area (Å²) in [5, 5.41) is 5.31. The SMILES string of the molecule is CC(C)(C)NC(=O)CNC(=O)COc1ccc(C(C)(C)C)cc1. The highest BCUT2D eigenvalue weighted by Gasteiger charge is 2.15. The summed E-state index contributed by atoms with van der Waals surface area (Å²) in [6.07, 6.45) is 0. The standard InChI is InChI=1S/C18H28N2O3/c1-17(2,3)13-7-9-14(10-8-13)23-12-16(22)19-11-15(21)20-18(4,5)6/h7-10H,11-12H2,1-6H3,(H,19,22)(H,20,21). The van der Waals surface area contributed by atoms with E-state index >= 15 is 0 Å². The second kappa shape index (κ2) is 7.49. The first-order valence-corrected chi connectivity index (χ1v) is 7.78. The van der Waals surface area contributed by atoms with Crippen LogP contribution in [-0.4, -0.2) is 30.5 Å². The maximum atomic E-state index is 11.7. The Morgan fingerprint density at radius 1 is 0.957 bits per heavy atom. The van der Waals surface area contributed by atoms with Gasteiger partial charge >= 0.3 is 0 Å². The topological polar surface area (TPSA) is 67.4 Å². The molecule has 5 nitrogen and oxygen atoms in total. The van der Waals surface area contributed by atoms with Gasteiger partial charge in [0.1, 0.15) is 5.75 Å². The molecule has 0 saturated heterocycles. The zero-order valence-electron chi connectivity index (χ0n) is 14.9. The molecule has 0 fully saturated rings. The minimum absolute atomic E-state index is 0.0531. The Labute approximate surface area is 138 Å². The average Bonchev–Trinajstić information content (AvgIpc) is 2.40. The van der Waals surface area contributed by atoms with Crippen molar-refractivity contribution in [2.75, 3.05) is 13.2 Å².